The molecule has 0 aromatic heterocycles. The van der Waals surface area contributed by atoms with Crippen LogP contribution in [-0.2, 0) is 14.3 Å². The molecular formula is C16H16N4O5S2. The average Bonchev–Trinajstić information content (AvgIpc) is 3.15. The van der Waals surface area contributed by atoms with Gasteiger partial charge in [-0.15, -0.1) is 0 Å². The summed E-state index contributed by atoms with van der Waals surface area (Å²) in [5, 5.41) is 17.2. The number of hydrogen-bond acceptors (Lipinski definition) is 10. The van der Waals surface area contributed by atoms with E-state index in [-0.39, 0.29) is 16.5 Å². The van der Waals surface area contributed by atoms with Crippen LogP contribution in [0, 0.1) is 10.1 Å². The number of carbonyl (C=O) groups is 2. The van der Waals surface area contributed by atoms with Gasteiger partial charge in [0.2, 0.25) is 4.33 Å². The Morgan fingerprint density at radius 2 is 1.89 bits per heavy atom. The van der Waals surface area contributed by atoms with Crippen molar-refractivity contribution in [3.8, 4) is 0 Å². The van der Waals surface area contributed by atoms with Crippen LogP contribution in [0.4, 0.5) is 11.4 Å². The number of ether oxygens (including phenoxy) is 1. The van der Waals surface area contributed by atoms with Crippen molar-refractivity contribution in [1.29, 1.82) is 0 Å². The fraction of sp³-hybridized carbons (Fsp3) is 0.312. The minimum Gasteiger partial charge on any atom is -0.465 e. The maximum atomic E-state index is 12.2. The van der Waals surface area contributed by atoms with Gasteiger partial charge in [0.25, 0.3) is 5.69 Å². The number of nitro groups is 1. The number of ketones is 1. The van der Waals surface area contributed by atoms with Crippen molar-refractivity contribution in [2.24, 2.45) is 5.10 Å². The number of methoxy groups -OCH3 is 1. The van der Waals surface area contributed by atoms with Crippen molar-refractivity contribution in [3.05, 3.63) is 45.0 Å². The average molecular weight is 408 g/mol. The first-order valence-corrected chi connectivity index (χ1v) is 9.40. The van der Waals surface area contributed by atoms with E-state index in [1.165, 1.54) is 49.7 Å². The van der Waals surface area contributed by atoms with Crippen molar-refractivity contribution in [2.75, 3.05) is 19.2 Å². The van der Waals surface area contributed by atoms with Crippen LogP contribution < -0.4 is 5.01 Å². The molecule has 27 heavy (non-hydrogen) atoms. The highest BCUT2D eigenvalue weighted by atomic mass is 32.2. The molecule has 2 heterocycles. The molecule has 0 aliphatic carbocycles. The molecule has 0 saturated carbocycles. The molecule has 0 unspecified atom stereocenters. The summed E-state index contributed by atoms with van der Waals surface area (Å²) in [6, 6.07) is 5.87. The number of allylic oxidation sites excluding steroid dienone is 1. The maximum absolute atomic E-state index is 12.2. The second kappa shape index (κ2) is 6.89. The van der Waals surface area contributed by atoms with E-state index in [4.69, 9.17) is 4.74 Å². The third kappa shape index (κ3) is 3.06. The number of benzene rings is 1. The SMILES string of the molecule is COC(=O)C1=C(C)N(C)[C@@]2(SC(C(C)=O)=NN2c2ccc([N+](=O)[O-])cc2)S1. The van der Waals surface area contributed by atoms with Gasteiger partial charge in [-0.25, -0.2) is 9.80 Å². The lowest BCUT2D eigenvalue weighted by Crippen LogP contribution is -2.47. The number of Topliss-reactive ketones (excluding diaryl/α,β-unsaturated/α-hetero) is 1. The van der Waals surface area contributed by atoms with E-state index < -0.39 is 15.2 Å². The molecule has 1 aromatic rings. The molecule has 1 aromatic carbocycles. The van der Waals surface area contributed by atoms with Crippen LogP contribution >= 0.6 is 23.5 Å². The van der Waals surface area contributed by atoms with Crippen molar-refractivity contribution < 1.29 is 19.2 Å². The number of hydrogen-bond donors (Lipinski definition) is 0. The van der Waals surface area contributed by atoms with Gasteiger partial charge in [-0.2, -0.15) is 5.10 Å². The van der Waals surface area contributed by atoms with Crippen LogP contribution in [0.2, 0.25) is 0 Å². The lowest BCUT2D eigenvalue weighted by molar-refractivity contribution is -0.384. The fourth-order valence-corrected chi connectivity index (χ4v) is 5.52. The Bertz CT molecular complexity index is 899. The van der Waals surface area contributed by atoms with E-state index in [9.17, 15) is 19.7 Å². The van der Waals surface area contributed by atoms with Gasteiger partial charge in [0.05, 0.1) is 17.7 Å². The highest BCUT2D eigenvalue weighted by molar-refractivity contribution is 8.28. The van der Waals surface area contributed by atoms with E-state index in [1.807, 2.05) is 4.90 Å². The number of thioether (sulfide) groups is 2. The molecule has 0 saturated heterocycles. The summed E-state index contributed by atoms with van der Waals surface area (Å²) in [5.74, 6) is -0.677. The van der Waals surface area contributed by atoms with Crippen LogP contribution in [0.1, 0.15) is 13.8 Å². The number of nitro benzene ring substituents is 1. The number of hydrazone groups is 1. The first kappa shape index (κ1) is 19.2. The Morgan fingerprint density at radius 3 is 2.41 bits per heavy atom. The topological polar surface area (TPSA) is 105 Å². The first-order chi connectivity index (χ1) is 12.7. The van der Waals surface area contributed by atoms with E-state index in [0.29, 0.717) is 16.3 Å². The first-order valence-electron chi connectivity index (χ1n) is 7.76. The van der Waals surface area contributed by atoms with E-state index >= 15 is 0 Å². The molecule has 0 radical (unpaired) electrons. The summed E-state index contributed by atoms with van der Waals surface area (Å²) in [5.41, 5.74) is 1.20. The lowest BCUT2D eigenvalue weighted by Gasteiger charge is -2.39. The Kier molecular flexibility index (Phi) is 4.91. The zero-order chi connectivity index (χ0) is 19.9. The van der Waals surface area contributed by atoms with Gasteiger partial charge >= 0.3 is 5.97 Å². The maximum Gasteiger partial charge on any atom is 0.346 e. The van der Waals surface area contributed by atoms with Crippen LogP contribution in [0.25, 0.3) is 0 Å². The normalized spacial score (nSPS) is 21.7. The Morgan fingerprint density at radius 1 is 1.26 bits per heavy atom. The third-order valence-electron chi connectivity index (χ3n) is 4.16. The fourth-order valence-electron chi connectivity index (χ4n) is 2.62. The molecular weight excluding hydrogens is 392 g/mol. The molecule has 1 spiro atoms. The summed E-state index contributed by atoms with van der Waals surface area (Å²) in [6.07, 6.45) is 0. The molecule has 0 N–H and O–H groups in total. The second-order valence-electron chi connectivity index (χ2n) is 5.76. The highest BCUT2D eigenvalue weighted by Gasteiger charge is 2.56. The number of esters is 1. The van der Waals surface area contributed by atoms with Crippen LogP contribution in [0.5, 0.6) is 0 Å². The predicted molar refractivity (Wildman–Crippen MR) is 104 cm³/mol. The molecule has 11 heteroatoms. The number of anilines is 1. The summed E-state index contributed by atoms with van der Waals surface area (Å²) in [6.45, 7) is 3.20. The van der Waals surface area contributed by atoms with E-state index in [2.05, 4.69) is 5.10 Å². The van der Waals surface area contributed by atoms with Gasteiger partial charge in [0, 0.05) is 31.8 Å². The summed E-state index contributed by atoms with van der Waals surface area (Å²) < 4.78 is 3.92. The van der Waals surface area contributed by atoms with Gasteiger partial charge in [0.1, 0.15) is 4.91 Å². The van der Waals surface area contributed by atoms with Crippen molar-refractivity contribution in [3.63, 3.8) is 0 Å². The molecule has 2 aliphatic heterocycles. The van der Waals surface area contributed by atoms with Gasteiger partial charge in [-0.1, -0.05) is 11.8 Å². The van der Waals surface area contributed by atoms with Gasteiger partial charge in [-0.3, -0.25) is 14.9 Å². The minimum atomic E-state index is -0.940. The Balaban J connectivity index is 2.05. The third-order valence-corrected chi connectivity index (χ3v) is 7.31. The van der Waals surface area contributed by atoms with Gasteiger partial charge in [-0.05, 0) is 30.8 Å². The zero-order valence-corrected chi connectivity index (χ0v) is 16.6. The smallest absolute Gasteiger partial charge is 0.346 e. The van der Waals surface area contributed by atoms with Crippen LogP contribution in [0.15, 0.2) is 40.0 Å². The minimum absolute atomic E-state index is 0.0487. The van der Waals surface area contributed by atoms with Gasteiger partial charge in [0.15, 0.2) is 10.8 Å². The molecule has 1 atom stereocenters. The standard InChI is InChI=1S/C16H16N4O5S2/c1-9-13(15(22)25-4)26-16(18(9)3)19(17-14(27-16)10(2)21)11-5-7-12(8-6-11)20(23)24/h5-8H,1-4H3/t16-/m0/s1. The Labute approximate surface area is 163 Å². The number of nitrogens with zero attached hydrogens (tertiary/aromatic N) is 4. The van der Waals surface area contributed by atoms with Crippen molar-refractivity contribution in [1.82, 2.24) is 4.90 Å². The summed E-state index contributed by atoms with van der Waals surface area (Å²) in [4.78, 5) is 36.8. The van der Waals surface area contributed by atoms with E-state index in [0.717, 1.165) is 0 Å². The number of carbonyl (C=O) groups excluding carboxylic acids is 2. The number of non-ortho nitro benzene ring substituents is 1. The molecule has 0 amide bonds. The summed E-state index contributed by atoms with van der Waals surface area (Å²) >= 11 is 2.44. The predicted octanol–water partition coefficient (Wildman–Crippen LogP) is 2.74. The molecule has 3 rings (SSSR count). The molecule has 0 bridgehead atoms. The van der Waals surface area contributed by atoms with Gasteiger partial charge < -0.3 is 9.64 Å². The largest absolute Gasteiger partial charge is 0.465 e. The Hall–Kier alpha value is -2.53. The summed E-state index contributed by atoms with van der Waals surface area (Å²) in [7, 11) is 3.10. The number of rotatable bonds is 4. The molecule has 9 nitrogen and oxygen atoms in total. The quantitative estimate of drug-likeness (QED) is 0.422. The molecule has 2 aliphatic rings. The van der Waals surface area contributed by atoms with Crippen molar-refractivity contribution >= 4 is 51.7 Å². The monoisotopic (exact) mass is 408 g/mol. The van der Waals surface area contributed by atoms with E-state index in [1.54, 1.807) is 31.1 Å². The lowest BCUT2D eigenvalue weighted by atomic mass is 10.3. The zero-order valence-electron chi connectivity index (χ0n) is 15.0. The van der Waals surface area contributed by atoms with Crippen molar-refractivity contribution in [2.45, 2.75) is 18.2 Å². The van der Waals surface area contributed by atoms with Crippen LogP contribution in [-0.4, -0.2) is 45.1 Å². The van der Waals surface area contributed by atoms with Crippen LogP contribution in [0.3, 0.4) is 0 Å². The molecule has 0 fully saturated rings. The molecule has 142 valence electrons. The second-order valence-corrected chi connectivity index (χ2v) is 8.36. The highest BCUT2D eigenvalue weighted by Crippen LogP contribution is 2.58.